The van der Waals surface area contributed by atoms with Crippen molar-refractivity contribution < 1.29 is 56.9 Å². The van der Waals surface area contributed by atoms with Gasteiger partial charge in [-0.15, -0.1) is 0 Å². The van der Waals surface area contributed by atoms with Crippen LogP contribution in [0.1, 0.15) is 30.8 Å². The molecule has 1 aromatic heterocycles. The normalized spacial score (nSPS) is 16.8. The summed E-state index contributed by atoms with van der Waals surface area (Å²) in [4.78, 5) is 77.4. The second kappa shape index (κ2) is 18.6. The molecule has 2 N–H and O–H groups in total. The second-order valence-electron chi connectivity index (χ2n) is 11.5. The van der Waals surface area contributed by atoms with Gasteiger partial charge in [0.2, 0.25) is 5.91 Å². The molecule has 51 heavy (non-hydrogen) atoms. The number of amides is 3. The van der Waals surface area contributed by atoms with E-state index >= 15 is 0 Å². The van der Waals surface area contributed by atoms with Crippen molar-refractivity contribution in [1.82, 2.24) is 25.1 Å². The molecule has 1 aromatic carbocycles. The SMILES string of the molecule is CCOC(=O)COP(=O)(C[C@H](NC(=O)c1cc(N2CC[C@H](OC)C2)nc(-c2ccccc2)n1)C(=O)N1CCN(C(=O)O)CC1)OCC(=O)OCC. The van der Waals surface area contributed by atoms with Crippen LogP contribution in [-0.2, 0) is 42.2 Å². The highest BCUT2D eigenvalue weighted by Crippen LogP contribution is 2.49. The zero-order chi connectivity index (χ0) is 37.0. The molecule has 0 aliphatic carbocycles. The highest BCUT2D eigenvalue weighted by Gasteiger charge is 2.39. The summed E-state index contributed by atoms with van der Waals surface area (Å²) in [7, 11) is -2.91. The topological polar surface area (TPSA) is 216 Å². The zero-order valence-corrected chi connectivity index (χ0v) is 29.6. The van der Waals surface area contributed by atoms with Crippen LogP contribution < -0.4 is 10.2 Å². The number of hydrogen-bond acceptors (Lipinski definition) is 14. The Hall–Kier alpha value is -4.64. The Kier molecular flexibility index (Phi) is 14.2. The summed E-state index contributed by atoms with van der Waals surface area (Å²) in [6.45, 7) is 2.50. The number of hydrogen-bond donors (Lipinski definition) is 2. The molecule has 278 valence electrons. The monoisotopic (exact) mass is 734 g/mol. The first-order valence-electron chi connectivity index (χ1n) is 16.4. The maximum Gasteiger partial charge on any atom is 0.407 e. The lowest BCUT2D eigenvalue weighted by atomic mass is 10.2. The van der Waals surface area contributed by atoms with Crippen LogP contribution in [0.25, 0.3) is 11.4 Å². The molecular weight excluding hydrogens is 691 g/mol. The van der Waals surface area contributed by atoms with E-state index in [4.69, 9.17) is 28.2 Å². The van der Waals surface area contributed by atoms with Crippen LogP contribution >= 0.6 is 7.60 Å². The quantitative estimate of drug-likeness (QED) is 0.185. The zero-order valence-electron chi connectivity index (χ0n) is 28.7. The molecule has 0 spiro atoms. The third kappa shape index (κ3) is 11.2. The van der Waals surface area contributed by atoms with E-state index < -0.39 is 62.9 Å². The number of methoxy groups -OCH3 is 1. The van der Waals surface area contributed by atoms with Crippen LogP contribution in [0.3, 0.4) is 0 Å². The first-order valence-corrected chi connectivity index (χ1v) is 18.2. The number of anilines is 1. The van der Waals surface area contributed by atoms with E-state index in [1.54, 1.807) is 45.2 Å². The molecule has 2 fully saturated rings. The molecule has 19 heteroatoms. The predicted octanol–water partition coefficient (Wildman–Crippen LogP) is 1.64. The maximum atomic E-state index is 14.1. The van der Waals surface area contributed by atoms with Crippen molar-refractivity contribution >= 4 is 43.3 Å². The predicted molar refractivity (Wildman–Crippen MR) is 180 cm³/mol. The fourth-order valence-electron chi connectivity index (χ4n) is 5.39. The van der Waals surface area contributed by atoms with Crippen molar-refractivity contribution in [2.45, 2.75) is 32.4 Å². The minimum absolute atomic E-state index is 0.00507. The Balaban J connectivity index is 1.67. The lowest BCUT2D eigenvalue weighted by Gasteiger charge is -2.35. The Labute approximate surface area is 294 Å². The van der Waals surface area contributed by atoms with Crippen LogP contribution in [0, 0.1) is 0 Å². The van der Waals surface area contributed by atoms with Gasteiger partial charge in [-0.05, 0) is 20.3 Å². The average molecular weight is 735 g/mol. The van der Waals surface area contributed by atoms with Crippen LogP contribution in [0.5, 0.6) is 0 Å². The molecule has 3 heterocycles. The van der Waals surface area contributed by atoms with Gasteiger partial charge in [0.1, 0.15) is 17.6 Å². The van der Waals surface area contributed by atoms with E-state index in [1.165, 1.54) is 11.0 Å². The van der Waals surface area contributed by atoms with Gasteiger partial charge in [0.25, 0.3) is 5.91 Å². The number of carbonyl (C=O) groups is 5. The van der Waals surface area contributed by atoms with Gasteiger partial charge in [0, 0.05) is 58.0 Å². The van der Waals surface area contributed by atoms with Crippen molar-refractivity contribution in [2.75, 3.05) is 83.9 Å². The summed E-state index contributed by atoms with van der Waals surface area (Å²) >= 11 is 0. The Morgan fingerprint density at radius 2 is 1.53 bits per heavy atom. The van der Waals surface area contributed by atoms with E-state index in [9.17, 15) is 33.6 Å². The number of nitrogens with one attached hydrogen (secondary N) is 1. The van der Waals surface area contributed by atoms with E-state index in [2.05, 4.69) is 10.3 Å². The van der Waals surface area contributed by atoms with Crippen LogP contribution in [0.15, 0.2) is 36.4 Å². The molecule has 0 radical (unpaired) electrons. The van der Waals surface area contributed by atoms with Crippen LogP contribution in [-0.4, -0.2) is 146 Å². The first-order chi connectivity index (χ1) is 24.4. The maximum absolute atomic E-state index is 14.1. The highest BCUT2D eigenvalue weighted by atomic mass is 31.2. The molecule has 18 nitrogen and oxygen atoms in total. The molecule has 2 aliphatic rings. The molecule has 0 bridgehead atoms. The summed E-state index contributed by atoms with van der Waals surface area (Å²) in [5, 5.41) is 12.0. The van der Waals surface area contributed by atoms with Gasteiger partial charge < -0.3 is 39.3 Å². The van der Waals surface area contributed by atoms with Crippen molar-refractivity contribution in [1.29, 1.82) is 0 Å². The average Bonchev–Trinajstić information content (AvgIpc) is 3.63. The molecule has 2 atom stereocenters. The summed E-state index contributed by atoms with van der Waals surface area (Å²) < 4.78 is 40.0. The third-order valence-electron chi connectivity index (χ3n) is 8.02. The standard InChI is InChI=1S/C32H43N6O12P/c1-4-47-27(39)19-49-51(45,50-20-28(40)48-5-2)21-25(31(42)36-13-15-37(16-14-36)32(43)44)34-30(41)24-17-26(38-12-11-23(18-38)46-3)35-29(33-24)22-9-7-6-8-10-22/h6-10,17,23,25H,4-5,11-16,18-21H2,1-3H3,(H,34,41)(H,43,44)/t23-,25-/m0/s1. The number of benzene rings is 1. The molecule has 2 saturated heterocycles. The van der Waals surface area contributed by atoms with Gasteiger partial charge in [0.05, 0.1) is 25.5 Å². The second-order valence-corrected chi connectivity index (χ2v) is 13.6. The van der Waals surface area contributed by atoms with E-state index in [0.717, 1.165) is 11.3 Å². The summed E-state index contributed by atoms with van der Waals surface area (Å²) in [6.07, 6.45) is -1.26. The molecule has 0 unspecified atom stereocenters. The number of piperazine rings is 1. The lowest BCUT2D eigenvalue weighted by molar-refractivity contribution is -0.146. The van der Waals surface area contributed by atoms with Crippen molar-refractivity contribution in [3.63, 3.8) is 0 Å². The van der Waals surface area contributed by atoms with Gasteiger partial charge in [-0.1, -0.05) is 30.3 Å². The lowest BCUT2D eigenvalue weighted by Crippen LogP contribution is -2.56. The molecule has 4 rings (SSSR count). The smallest absolute Gasteiger partial charge is 0.407 e. The van der Waals surface area contributed by atoms with Gasteiger partial charge >= 0.3 is 25.6 Å². The van der Waals surface area contributed by atoms with Gasteiger partial charge in [-0.2, -0.15) is 0 Å². The van der Waals surface area contributed by atoms with Crippen LogP contribution in [0.2, 0.25) is 0 Å². The van der Waals surface area contributed by atoms with Crippen LogP contribution in [0.4, 0.5) is 10.6 Å². The molecule has 2 aliphatic heterocycles. The number of rotatable bonds is 16. The Morgan fingerprint density at radius 3 is 2.08 bits per heavy atom. The molecule has 0 saturated carbocycles. The molecule has 3 amide bonds. The minimum Gasteiger partial charge on any atom is -0.465 e. The highest BCUT2D eigenvalue weighted by molar-refractivity contribution is 7.54. The van der Waals surface area contributed by atoms with E-state index in [0.29, 0.717) is 24.5 Å². The summed E-state index contributed by atoms with van der Waals surface area (Å²) in [5.74, 6) is -2.63. The largest absolute Gasteiger partial charge is 0.465 e. The van der Waals surface area contributed by atoms with Crippen molar-refractivity contribution in [3.05, 3.63) is 42.1 Å². The van der Waals surface area contributed by atoms with Gasteiger partial charge in [-0.25, -0.2) is 24.4 Å². The van der Waals surface area contributed by atoms with Crippen molar-refractivity contribution in [2.24, 2.45) is 0 Å². The fourth-order valence-corrected chi connectivity index (χ4v) is 6.97. The van der Waals surface area contributed by atoms with Gasteiger partial charge in [-0.3, -0.25) is 23.2 Å². The first kappa shape index (κ1) is 39.2. The number of ether oxygens (including phenoxy) is 3. The van der Waals surface area contributed by atoms with Crippen molar-refractivity contribution in [3.8, 4) is 11.4 Å². The Morgan fingerprint density at radius 1 is 0.922 bits per heavy atom. The third-order valence-corrected chi connectivity index (χ3v) is 9.88. The van der Waals surface area contributed by atoms with Gasteiger partial charge in [0.15, 0.2) is 19.0 Å². The number of nitrogens with zero attached hydrogens (tertiary/aromatic N) is 5. The number of esters is 2. The number of carboxylic acid groups (broad SMARTS) is 1. The fraction of sp³-hybridized carbons (Fsp3) is 0.531. The van der Waals surface area contributed by atoms with E-state index in [-0.39, 0.29) is 57.0 Å². The minimum atomic E-state index is -4.53. The van der Waals surface area contributed by atoms with E-state index in [1.807, 2.05) is 11.0 Å². The Bertz CT molecular complexity index is 1560. The molecule has 2 aromatic rings. The number of carbonyl (C=O) groups excluding carboxylic acids is 4. The summed E-state index contributed by atoms with van der Waals surface area (Å²) in [5.41, 5.74) is 0.520. The molecular formula is C32H43N6O12P. The summed E-state index contributed by atoms with van der Waals surface area (Å²) in [6, 6.07) is 8.85. The number of aromatic nitrogens is 2.